The van der Waals surface area contributed by atoms with Crippen LogP contribution < -0.4 is 20.7 Å². The number of carbonyl (C=O) groups is 3. The van der Waals surface area contributed by atoms with Gasteiger partial charge in [0.2, 0.25) is 5.91 Å². The zero-order valence-corrected chi connectivity index (χ0v) is 17.4. The van der Waals surface area contributed by atoms with Crippen LogP contribution in [0.3, 0.4) is 0 Å². The van der Waals surface area contributed by atoms with Gasteiger partial charge in [0.05, 0.1) is 12.2 Å². The summed E-state index contributed by atoms with van der Waals surface area (Å²) in [4.78, 5) is 43.9. The number of hydrogen-bond donors (Lipinski definition) is 2. The van der Waals surface area contributed by atoms with Crippen LogP contribution in [-0.2, 0) is 14.3 Å². The molecule has 3 N–H and O–H groups in total. The third kappa shape index (κ3) is 4.02. The van der Waals surface area contributed by atoms with E-state index in [1.165, 1.54) is 16.2 Å². The molecule has 2 amide bonds. The molecule has 10 heteroatoms. The number of rotatable bonds is 5. The number of esters is 1. The first-order valence-electron chi connectivity index (χ1n) is 9.04. The standard InChI is InChI=1S/C19H22N4O5S/c1-5-27-19(26)15-9(2)11(4)29-17(15)22-14(24)8-23-16-12(6-7-13(20)21-16)28-10(3)18(23)25/h6-7,10H,5,8H2,1-4H3,(H2,20,21)(H,22,24). The van der Waals surface area contributed by atoms with Gasteiger partial charge in [-0.1, -0.05) is 0 Å². The maximum absolute atomic E-state index is 12.7. The minimum absolute atomic E-state index is 0.187. The third-order valence-corrected chi connectivity index (χ3v) is 5.58. The average Bonchev–Trinajstić information content (AvgIpc) is 2.93. The molecule has 9 nitrogen and oxygen atoms in total. The van der Waals surface area contributed by atoms with Gasteiger partial charge in [-0.2, -0.15) is 0 Å². The van der Waals surface area contributed by atoms with Crippen LogP contribution in [0.4, 0.5) is 16.6 Å². The lowest BCUT2D eigenvalue weighted by atomic mass is 10.1. The molecule has 1 aliphatic heterocycles. The maximum Gasteiger partial charge on any atom is 0.341 e. The van der Waals surface area contributed by atoms with Crippen LogP contribution in [0.2, 0.25) is 0 Å². The fourth-order valence-electron chi connectivity index (χ4n) is 2.93. The van der Waals surface area contributed by atoms with Crippen molar-refractivity contribution in [1.29, 1.82) is 0 Å². The number of amides is 2. The molecule has 0 saturated carbocycles. The molecule has 0 aliphatic carbocycles. The van der Waals surface area contributed by atoms with Gasteiger partial charge in [-0.05, 0) is 45.4 Å². The minimum atomic E-state index is -0.762. The van der Waals surface area contributed by atoms with Crippen LogP contribution in [-0.4, -0.2) is 42.0 Å². The summed E-state index contributed by atoms with van der Waals surface area (Å²) in [5.41, 5.74) is 6.80. The van der Waals surface area contributed by atoms with E-state index in [4.69, 9.17) is 15.2 Å². The van der Waals surface area contributed by atoms with Crippen molar-refractivity contribution in [3.63, 3.8) is 0 Å². The second-order valence-corrected chi connectivity index (χ2v) is 7.72. The summed E-state index contributed by atoms with van der Waals surface area (Å²) < 4.78 is 10.6. The molecule has 29 heavy (non-hydrogen) atoms. The molecule has 0 spiro atoms. The molecule has 1 atom stereocenters. The molecule has 1 unspecified atom stereocenters. The van der Waals surface area contributed by atoms with Crippen molar-refractivity contribution in [3.05, 3.63) is 28.1 Å². The van der Waals surface area contributed by atoms with Gasteiger partial charge >= 0.3 is 5.97 Å². The van der Waals surface area contributed by atoms with Crippen molar-refractivity contribution in [3.8, 4) is 5.75 Å². The molecule has 2 aromatic heterocycles. The number of pyridine rings is 1. The number of anilines is 3. The molecular weight excluding hydrogens is 396 g/mol. The van der Waals surface area contributed by atoms with Gasteiger partial charge in [0, 0.05) is 4.88 Å². The number of nitrogen functional groups attached to an aromatic ring is 1. The van der Waals surface area contributed by atoms with Gasteiger partial charge < -0.3 is 20.5 Å². The lowest BCUT2D eigenvalue weighted by molar-refractivity contribution is -0.127. The zero-order chi connectivity index (χ0) is 21.3. The highest BCUT2D eigenvalue weighted by molar-refractivity contribution is 7.16. The Labute approximate surface area is 171 Å². The highest BCUT2D eigenvalue weighted by atomic mass is 32.1. The number of nitrogens with one attached hydrogen (secondary N) is 1. The minimum Gasteiger partial charge on any atom is -0.477 e. The van der Waals surface area contributed by atoms with E-state index in [0.29, 0.717) is 16.3 Å². The fourth-order valence-corrected chi connectivity index (χ4v) is 3.99. The summed E-state index contributed by atoms with van der Waals surface area (Å²) in [6.45, 7) is 6.89. The monoisotopic (exact) mass is 418 g/mol. The third-order valence-electron chi connectivity index (χ3n) is 4.45. The molecule has 0 bridgehead atoms. The second-order valence-electron chi connectivity index (χ2n) is 6.50. The lowest BCUT2D eigenvalue weighted by Gasteiger charge is -2.31. The largest absolute Gasteiger partial charge is 0.477 e. The lowest BCUT2D eigenvalue weighted by Crippen LogP contribution is -2.48. The topological polar surface area (TPSA) is 124 Å². The van der Waals surface area contributed by atoms with Gasteiger partial charge in [0.25, 0.3) is 5.91 Å². The Balaban J connectivity index is 1.85. The Kier molecular flexibility index (Phi) is 5.73. The van der Waals surface area contributed by atoms with Crippen LogP contribution in [0, 0.1) is 13.8 Å². The first kappa shape index (κ1) is 20.6. The van der Waals surface area contributed by atoms with Crippen LogP contribution in [0.5, 0.6) is 5.75 Å². The van der Waals surface area contributed by atoms with Crippen molar-refractivity contribution >= 4 is 45.8 Å². The Hall–Kier alpha value is -3.14. The molecule has 0 fully saturated rings. The second kappa shape index (κ2) is 8.08. The van der Waals surface area contributed by atoms with E-state index in [0.717, 1.165) is 10.4 Å². The predicted octanol–water partition coefficient (Wildman–Crippen LogP) is 2.27. The van der Waals surface area contributed by atoms with Gasteiger partial charge in [-0.15, -0.1) is 11.3 Å². The number of hydrogen-bond acceptors (Lipinski definition) is 8. The highest BCUT2D eigenvalue weighted by Crippen LogP contribution is 2.35. The number of fused-ring (bicyclic) bond motifs is 1. The Morgan fingerprint density at radius 1 is 1.38 bits per heavy atom. The SMILES string of the molecule is CCOC(=O)c1c(NC(=O)CN2C(=O)C(C)Oc3ccc(N)nc32)sc(C)c1C. The fraction of sp³-hybridized carbons (Fsp3) is 0.368. The van der Waals surface area contributed by atoms with Crippen molar-refractivity contribution in [1.82, 2.24) is 4.98 Å². The summed E-state index contributed by atoms with van der Waals surface area (Å²) >= 11 is 1.28. The van der Waals surface area contributed by atoms with Gasteiger partial charge in [-0.3, -0.25) is 14.5 Å². The maximum atomic E-state index is 12.7. The molecule has 0 aromatic carbocycles. The predicted molar refractivity (Wildman–Crippen MR) is 109 cm³/mol. The van der Waals surface area contributed by atoms with E-state index in [1.807, 2.05) is 6.92 Å². The Morgan fingerprint density at radius 3 is 2.79 bits per heavy atom. The number of ether oxygens (including phenoxy) is 2. The van der Waals surface area contributed by atoms with Crippen LogP contribution in [0.1, 0.15) is 34.6 Å². The molecule has 2 aromatic rings. The molecule has 154 valence electrons. The normalized spacial score (nSPS) is 15.5. The number of nitrogens with zero attached hydrogens (tertiary/aromatic N) is 2. The number of aromatic nitrogens is 1. The highest BCUT2D eigenvalue weighted by Gasteiger charge is 2.34. The molecule has 3 heterocycles. The molecule has 0 saturated heterocycles. The summed E-state index contributed by atoms with van der Waals surface area (Å²) in [7, 11) is 0. The molecular formula is C19H22N4O5S. The quantitative estimate of drug-likeness (QED) is 0.714. The van der Waals surface area contributed by atoms with Crippen molar-refractivity contribution in [2.75, 3.05) is 29.1 Å². The van der Waals surface area contributed by atoms with Gasteiger partial charge in [-0.25, -0.2) is 9.78 Å². The number of aryl methyl sites for hydroxylation is 1. The van der Waals surface area contributed by atoms with E-state index in [-0.39, 0.29) is 24.8 Å². The Morgan fingerprint density at radius 2 is 2.10 bits per heavy atom. The summed E-state index contributed by atoms with van der Waals surface area (Å²) in [6.07, 6.45) is -0.762. The van der Waals surface area contributed by atoms with E-state index in [2.05, 4.69) is 10.3 Å². The van der Waals surface area contributed by atoms with Crippen LogP contribution >= 0.6 is 11.3 Å². The number of carbonyl (C=O) groups excluding carboxylic acids is 3. The van der Waals surface area contributed by atoms with Crippen molar-refractivity contribution < 1.29 is 23.9 Å². The summed E-state index contributed by atoms with van der Waals surface area (Å²) in [5.74, 6) is -0.624. The molecule has 1 aliphatic rings. The number of nitrogens with two attached hydrogens (primary N) is 1. The molecule has 0 radical (unpaired) electrons. The van der Waals surface area contributed by atoms with Crippen LogP contribution in [0.25, 0.3) is 0 Å². The smallest absolute Gasteiger partial charge is 0.341 e. The zero-order valence-electron chi connectivity index (χ0n) is 16.6. The summed E-state index contributed by atoms with van der Waals surface area (Å²) in [5, 5.41) is 3.11. The first-order chi connectivity index (χ1) is 13.7. The average molecular weight is 418 g/mol. The van der Waals surface area contributed by atoms with Gasteiger partial charge in [0.1, 0.15) is 17.4 Å². The van der Waals surface area contributed by atoms with E-state index in [9.17, 15) is 14.4 Å². The van der Waals surface area contributed by atoms with E-state index < -0.39 is 23.9 Å². The van der Waals surface area contributed by atoms with E-state index in [1.54, 1.807) is 32.9 Å². The molecule has 3 rings (SSSR count). The van der Waals surface area contributed by atoms with Crippen molar-refractivity contribution in [2.45, 2.75) is 33.8 Å². The van der Waals surface area contributed by atoms with Crippen LogP contribution in [0.15, 0.2) is 12.1 Å². The first-order valence-corrected chi connectivity index (χ1v) is 9.86. The van der Waals surface area contributed by atoms with E-state index >= 15 is 0 Å². The Bertz CT molecular complexity index is 987. The number of thiophene rings is 1. The van der Waals surface area contributed by atoms with Crippen molar-refractivity contribution in [2.24, 2.45) is 0 Å². The summed E-state index contributed by atoms with van der Waals surface area (Å²) in [6, 6.07) is 3.17. The van der Waals surface area contributed by atoms with Gasteiger partial charge in [0.15, 0.2) is 17.7 Å².